The summed E-state index contributed by atoms with van der Waals surface area (Å²) >= 11 is 0. The van der Waals surface area contributed by atoms with Gasteiger partial charge in [0.1, 0.15) is 5.82 Å². The molecular formula is C27H20F7NO4S. The first-order valence-corrected chi connectivity index (χ1v) is 13.1. The first kappa shape index (κ1) is 29.1. The Bertz CT molecular complexity index is 1600. The molecule has 3 aromatic carbocycles. The van der Waals surface area contributed by atoms with Crippen molar-refractivity contribution in [1.82, 2.24) is 0 Å². The molecule has 2 atom stereocenters. The summed E-state index contributed by atoms with van der Waals surface area (Å²) in [5, 5.41) is 9.71. The lowest BCUT2D eigenvalue weighted by Gasteiger charge is -2.39. The molecule has 1 aliphatic rings. The van der Waals surface area contributed by atoms with Crippen LogP contribution in [0.2, 0.25) is 0 Å². The number of hydrogen-bond acceptors (Lipinski definition) is 3. The minimum atomic E-state index is -4.85. The lowest BCUT2D eigenvalue weighted by Crippen LogP contribution is -2.49. The third-order valence-electron chi connectivity index (χ3n) is 6.57. The number of sulfonamides is 1. The molecular weight excluding hydrogens is 567 g/mol. The number of carbonyl (C=O) groups is 1. The maximum atomic E-state index is 14.3. The monoisotopic (exact) mass is 587 g/mol. The number of alkyl halides is 6. The molecule has 0 radical (unpaired) electrons. The summed E-state index contributed by atoms with van der Waals surface area (Å²) in [7, 11) is -4.75. The van der Waals surface area contributed by atoms with Crippen molar-refractivity contribution in [1.29, 1.82) is 0 Å². The Kier molecular flexibility index (Phi) is 7.48. The van der Waals surface area contributed by atoms with Crippen LogP contribution in [0.3, 0.4) is 0 Å². The number of carboxylic acids is 1. The second kappa shape index (κ2) is 10.3. The lowest BCUT2D eigenvalue weighted by molar-refractivity contribution is -0.142. The van der Waals surface area contributed by atoms with Crippen LogP contribution in [-0.2, 0) is 33.6 Å². The number of aliphatic carboxylic acids is 1. The van der Waals surface area contributed by atoms with E-state index < -0.39 is 67.7 Å². The Morgan fingerprint density at radius 3 is 2.25 bits per heavy atom. The summed E-state index contributed by atoms with van der Waals surface area (Å²) in [5.74, 6) is -3.72. The van der Waals surface area contributed by atoms with E-state index in [9.17, 15) is 49.1 Å². The molecule has 0 bridgehead atoms. The molecule has 1 heterocycles. The highest BCUT2D eigenvalue weighted by Crippen LogP contribution is 2.40. The molecule has 1 aliphatic heterocycles. The number of halogens is 7. The second-order valence-corrected chi connectivity index (χ2v) is 11.0. The van der Waals surface area contributed by atoms with Gasteiger partial charge in [-0.05, 0) is 60.9 Å². The van der Waals surface area contributed by atoms with Gasteiger partial charge in [0.25, 0.3) is 10.0 Å². The van der Waals surface area contributed by atoms with Gasteiger partial charge in [-0.15, -0.1) is 0 Å². The van der Waals surface area contributed by atoms with E-state index in [1.54, 1.807) is 0 Å². The summed E-state index contributed by atoms with van der Waals surface area (Å²) in [4.78, 5) is 11.2. The Morgan fingerprint density at radius 1 is 0.950 bits per heavy atom. The van der Waals surface area contributed by atoms with Gasteiger partial charge in [0.2, 0.25) is 0 Å². The smallest absolute Gasteiger partial charge is 0.417 e. The Labute approximate surface area is 224 Å². The number of nitrogens with zero attached hydrogens (tertiary/aromatic N) is 1. The van der Waals surface area contributed by atoms with Crippen molar-refractivity contribution in [2.75, 3.05) is 4.31 Å². The van der Waals surface area contributed by atoms with Crippen molar-refractivity contribution in [2.45, 2.75) is 36.6 Å². The molecule has 0 fully saturated rings. The van der Waals surface area contributed by atoms with Gasteiger partial charge in [-0.25, -0.2) is 12.8 Å². The molecule has 0 saturated heterocycles. The average Bonchev–Trinajstić information content (AvgIpc) is 2.86. The van der Waals surface area contributed by atoms with E-state index in [1.165, 1.54) is 25.1 Å². The summed E-state index contributed by atoms with van der Waals surface area (Å²) in [6.45, 7) is 1.30. The van der Waals surface area contributed by atoms with E-state index in [-0.39, 0.29) is 23.2 Å². The molecule has 3 aromatic rings. The largest absolute Gasteiger partial charge is 0.481 e. The zero-order valence-electron chi connectivity index (χ0n) is 20.5. The van der Waals surface area contributed by atoms with Crippen LogP contribution in [0.5, 0.6) is 0 Å². The standard InChI is InChI=1S/C27H20F7NO4S/c1-15-21(25(36)37)13-17-10-8-16(9-11-20-22(27(32,33)34)6-3-7-23(20)28)12-24(17)35(15)40(38,39)19-5-2-4-18(14-19)26(29,30)31/h2-12,14-15,21H,13H2,1H3,(H,36,37)/b11-9+/t15-,21-/m1/s1. The maximum absolute atomic E-state index is 14.3. The van der Waals surface area contributed by atoms with Gasteiger partial charge < -0.3 is 5.11 Å². The minimum absolute atomic E-state index is 0.0610. The molecule has 0 unspecified atom stereocenters. The Balaban J connectivity index is 1.84. The molecule has 40 heavy (non-hydrogen) atoms. The van der Waals surface area contributed by atoms with Gasteiger partial charge in [-0.3, -0.25) is 9.10 Å². The number of rotatable bonds is 5. The first-order valence-electron chi connectivity index (χ1n) is 11.6. The van der Waals surface area contributed by atoms with Gasteiger partial charge in [-0.1, -0.05) is 36.4 Å². The SMILES string of the molecule is C[C@@H]1[C@H](C(=O)O)Cc2ccc(/C=C/c3c(F)cccc3C(F)(F)F)cc2N1S(=O)(=O)c1cccc(C(F)(F)F)c1. The molecule has 13 heteroatoms. The summed E-state index contributed by atoms with van der Waals surface area (Å²) in [6.07, 6.45) is -7.82. The minimum Gasteiger partial charge on any atom is -0.481 e. The molecule has 5 nitrogen and oxygen atoms in total. The van der Waals surface area contributed by atoms with Crippen molar-refractivity contribution >= 4 is 33.8 Å². The molecule has 0 amide bonds. The van der Waals surface area contributed by atoms with Crippen LogP contribution < -0.4 is 4.31 Å². The van der Waals surface area contributed by atoms with Crippen LogP contribution in [-0.4, -0.2) is 25.5 Å². The van der Waals surface area contributed by atoms with Crippen LogP contribution in [0.25, 0.3) is 12.2 Å². The molecule has 4 rings (SSSR count). The third-order valence-corrected chi connectivity index (χ3v) is 8.47. The number of anilines is 1. The second-order valence-electron chi connectivity index (χ2n) is 9.14. The van der Waals surface area contributed by atoms with Crippen molar-refractivity contribution in [3.63, 3.8) is 0 Å². The van der Waals surface area contributed by atoms with Gasteiger partial charge in [0.05, 0.1) is 33.7 Å². The van der Waals surface area contributed by atoms with Crippen molar-refractivity contribution in [3.8, 4) is 0 Å². The van der Waals surface area contributed by atoms with Crippen LogP contribution in [0.15, 0.2) is 65.6 Å². The number of hydrogen-bond donors (Lipinski definition) is 1. The van der Waals surface area contributed by atoms with Crippen LogP contribution in [0.1, 0.15) is 34.7 Å². The third kappa shape index (κ3) is 5.55. The molecule has 0 aromatic heterocycles. The molecule has 0 spiro atoms. The summed E-state index contributed by atoms with van der Waals surface area (Å²) < 4.78 is 122. The first-order chi connectivity index (χ1) is 18.5. The lowest BCUT2D eigenvalue weighted by atomic mass is 9.87. The van der Waals surface area contributed by atoms with Crippen molar-refractivity contribution in [2.24, 2.45) is 5.92 Å². The van der Waals surface area contributed by atoms with E-state index in [2.05, 4.69) is 0 Å². The highest BCUT2D eigenvalue weighted by Gasteiger charge is 2.43. The Hall–Kier alpha value is -3.87. The van der Waals surface area contributed by atoms with Crippen molar-refractivity contribution < 1.29 is 49.1 Å². The predicted octanol–water partition coefficient (Wildman–Crippen LogP) is 6.87. The highest BCUT2D eigenvalue weighted by molar-refractivity contribution is 7.92. The fourth-order valence-electron chi connectivity index (χ4n) is 4.57. The Morgan fingerprint density at radius 2 is 1.62 bits per heavy atom. The fourth-order valence-corrected chi connectivity index (χ4v) is 6.34. The predicted molar refractivity (Wildman–Crippen MR) is 132 cm³/mol. The van der Waals surface area contributed by atoms with Gasteiger partial charge >= 0.3 is 18.3 Å². The van der Waals surface area contributed by atoms with Gasteiger partial charge in [-0.2, -0.15) is 26.3 Å². The molecule has 0 aliphatic carbocycles. The average molecular weight is 588 g/mol. The number of benzene rings is 3. The highest BCUT2D eigenvalue weighted by atomic mass is 32.2. The summed E-state index contributed by atoms with van der Waals surface area (Å²) in [5.41, 5.74) is -2.89. The van der Waals surface area contributed by atoms with E-state index in [0.29, 0.717) is 22.5 Å². The maximum Gasteiger partial charge on any atom is 0.417 e. The molecule has 0 saturated carbocycles. The zero-order chi connectivity index (χ0) is 29.6. The molecule has 212 valence electrons. The quantitative estimate of drug-likeness (QED) is 0.261. The van der Waals surface area contributed by atoms with E-state index in [0.717, 1.165) is 36.4 Å². The normalized spacial score (nSPS) is 18.1. The van der Waals surface area contributed by atoms with Crippen LogP contribution in [0, 0.1) is 11.7 Å². The van der Waals surface area contributed by atoms with Crippen LogP contribution >= 0.6 is 0 Å². The number of carboxylic acid groups (broad SMARTS) is 1. The van der Waals surface area contributed by atoms with E-state index in [4.69, 9.17) is 0 Å². The molecule has 1 N–H and O–H groups in total. The van der Waals surface area contributed by atoms with Gasteiger partial charge in [0, 0.05) is 5.56 Å². The van der Waals surface area contributed by atoms with Crippen LogP contribution in [0.4, 0.5) is 36.4 Å². The van der Waals surface area contributed by atoms with Gasteiger partial charge in [0.15, 0.2) is 0 Å². The summed E-state index contributed by atoms with van der Waals surface area (Å²) in [6, 6.07) is 8.20. The fraction of sp³-hybridized carbons (Fsp3) is 0.222. The van der Waals surface area contributed by atoms with E-state index in [1.807, 2.05) is 0 Å². The van der Waals surface area contributed by atoms with E-state index >= 15 is 0 Å². The topological polar surface area (TPSA) is 74.7 Å². The zero-order valence-corrected chi connectivity index (χ0v) is 21.3. The number of fused-ring (bicyclic) bond motifs is 1. The van der Waals surface area contributed by atoms with Crippen molar-refractivity contribution in [3.05, 3.63) is 94.3 Å².